The Kier molecular flexibility index (Phi) is 11.3. The third kappa shape index (κ3) is 7.39. The maximum Gasteiger partial charge on any atom is 0.222 e. The Morgan fingerprint density at radius 1 is 1.21 bits per heavy atom. The van der Waals surface area contributed by atoms with Gasteiger partial charge in [0.15, 0.2) is 0 Å². The molecule has 2 unspecified atom stereocenters. The van der Waals surface area contributed by atoms with E-state index < -0.39 is 0 Å². The number of hydrogen-bond donors (Lipinski definition) is 1. The standard InChI is InChI=1S/C18H29N3O.2ClH/c1-15(19)8-9-18(22)20-11-10-16(2)21(13-12-20)14-17-6-4-3-5-7-17;;/h3-7,15-16H,8-14,19H2,1-2H3;2*1H. The molecule has 6 heteroatoms. The van der Waals surface area contributed by atoms with Gasteiger partial charge >= 0.3 is 0 Å². The van der Waals surface area contributed by atoms with E-state index in [1.807, 2.05) is 17.9 Å². The van der Waals surface area contributed by atoms with Crippen molar-refractivity contribution in [2.45, 2.75) is 51.7 Å². The van der Waals surface area contributed by atoms with Gasteiger partial charge in [-0.25, -0.2) is 0 Å². The number of benzene rings is 1. The Balaban J connectivity index is 0.00000264. The van der Waals surface area contributed by atoms with E-state index in [1.165, 1.54) is 5.56 Å². The van der Waals surface area contributed by atoms with Gasteiger partial charge in [0, 0.05) is 44.7 Å². The number of rotatable bonds is 5. The summed E-state index contributed by atoms with van der Waals surface area (Å²) >= 11 is 0. The van der Waals surface area contributed by atoms with E-state index >= 15 is 0 Å². The lowest BCUT2D eigenvalue weighted by Gasteiger charge is -2.26. The van der Waals surface area contributed by atoms with Gasteiger partial charge in [-0.05, 0) is 32.3 Å². The number of nitrogens with zero attached hydrogens (tertiary/aromatic N) is 2. The largest absolute Gasteiger partial charge is 0.341 e. The number of carbonyl (C=O) groups excluding carboxylic acids is 1. The number of hydrogen-bond acceptors (Lipinski definition) is 3. The van der Waals surface area contributed by atoms with Crippen molar-refractivity contribution in [3.05, 3.63) is 35.9 Å². The summed E-state index contributed by atoms with van der Waals surface area (Å²) in [6, 6.07) is 11.2. The predicted molar refractivity (Wildman–Crippen MR) is 105 cm³/mol. The second kappa shape index (κ2) is 11.7. The molecule has 1 saturated heterocycles. The first-order valence-electron chi connectivity index (χ1n) is 8.37. The normalized spacial score (nSPS) is 19.6. The van der Waals surface area contributed by atoms with Crippen molar-refractivity contribution >= 4 is 30.7 Å². The van der Waals surface area contributed by atoms with Gasteiger partial charge in [0.25, 0.3) is 0 Å². The molecule has 0 spiro atoms. The summed E-state index contributed by atoms with van der Waals surface area (Å²) in [5.41, 5.74) is 7.09. The van der Waals surface area contributed by atoms with Crippen LogP contribution in [0.1, 0.15) is 38.7 Å². The van der Waals surface area contributed by atoms with Crippen molar-refractivity contribution in [3.63, 3.8) is 0 Å². The van der Waals surface area contributed by atoms with Gasteiger partial charge in [0.05, 0.1) is 0 Å². The molecule has 138 valence electrons. The third-order valence-electron chi connectivity index (χ3n) is 4.49. The molecule has 1 aliphatic rings. The molecule has 1 amide bonds. The predicted octanol–water partition coefficient (Wildman–Crippen LogP) is 3.08. The molecule has 2 N–H and O–H groups in total. The first kappa shape index (κ1) is 23.2. The molecule has 1 aliphatic heterocycles. The number of amides is 1. The zero-order chi connectivity index (χ0) is 15.9. The molecule has 0 aromatic heterocycles. The Hall–Kier alpha value is -0.810. The lowest BCUT2D eigenvalue weighted by Crippen LogP contribution is -2.36. The van der Waals surface area contributed by atoms with Crippen LogP contribution >= 0.6 is 24.8 Å². The van der Waals surface area contributed by atoms with Crippen LogP contribution in [-0.2, 0) is 11.3 Å². The van der Waals surface area contributed by atoms with Crippen LogP contribution in [0.3, 0.4) is 0 Å². The van der Waals surface area contributed by atoms with Crippen LogP contribution < -0.4 is 5.73 Å². The molecule has 0 radical (unpaired) electrons. The maximum absolute atomic E-state index is 12.3. The van der Waals surface area contributed by atoms with Crippen LogP contribution in [0.5, 0.6) is 0 Å². The van der Waals surface area contributed by atoms with Crippen molar-refractivity contribution in [2.24, 2.45) is 5.73 Å². The maximum atomic E-state index is 12.3. The molecule has 0 aliphatic carbocycles. The fourth-order valence-electron chi connectivity index (χ4n) is 2.92. The van der Waals surface area contributed by atoms with Crippen molar-refractivity contribution in [2.75, 3.05) is 19.6 Å². The van der Waals surface area contributed by atoms with E-state index in [9.17, 15) is 4.79 Å². The summed E-state index contributed by atoms with van der Waals surface area (Å²) in [4.78, 5) is 16.8. The highest BCUT2D eigenvalue weighted by Gasteiger charge is 2.23. The van der Waals surface area contributed by atoms with Gasteiger partial charge in [0.1, 0.15) is 0 Å². The SMILES string of the molecule is CC(N)CCC(=O)N1CCC(C)N(Cc2ccccc2)CC1.Cl.Cl. The van der Waals surface area contributed by atoms with E-state index in [2.05, 4.69) is 36.1 Å². The van der Waals surface area contributed by atoms with Crippen LogP contribution in [0.2, 0.25) is 0 Å². The van der Waals surface area contributed by atoms with Gasteiger partial charge in [0.2, 0.25) is 5.91 Å². The highest BCUT2D eigenvalue weighted by Crippen LogP contribution is 2.15. The van der Waals surface area contributed by atoms with Gasteiger partial charge in [-0.15, -0.1) is 24.8 Å². The molecule has 4 nitrogen and oxygen atoms in total. The molecular weight excluding hydrogens is 345 g/mol. The molecule has 1 fully saturated rings. The van der Waals surface area contributed by atoms with Crippen molar-refractivity contribution in [1.29, 1.82) is 0 Å². The van der Waals surface area contributed by atoms with Crippen LogP contribution in [0.4, 0.5) is 0 Å². The summed E-state index contributed by atoms with van der Waals surface area (Å²) in [5, 5.41) is 0. The monoisotopic (exact) mass is 375 g/mol. The van der Waals surface area contributed by atoms with E-state index in [0.717, 1.165) is 39.0 Å². The first-order valence-corrected chi connectivity index (χ1v) is 8.37. The number of carbonyl (C=O) groups is 1. The quantitative estimate of drug-likeness (QED) is 0.859. The topological polar surface area (TPSA) is 49.6 Å². The Morgan fingerprint density at radius 2 is 1.88 bits per heavy atom. The Bertz CT molecular complexity index is 471. The fraction of sp³-hybridized carbons (Fsp3) is 0.611. The van der Waals surface area contributed by atoms with E-state index in [0.29, 0.717) is 12.5 Å². The second-order valence-corrected chi connectivity index (χ2v) is 6.49. The smallest absolute Gasteiger partial charge is 0.222 e. The third-order valence-corrected chi connectivity index (χ3v) is 4.49. The van der Waals surface area contributed by atoms with Crippen LogP contribution in [0, 0.1) is 0 Å². The van der Waals surface area contributed by atoms with Crippen molar-refractivity contribution < 1.29 is 4.79 Å². The lowest BCUT2D eigenvalue weighted by atomic mass is 10.1. The molecule has 0 bridgehead atoms. The summed E-state index contributed by atoms with van der Waals surface area (Å²) in [6.45, 7) is 7.82. The minimum Gasteiger partial charge on any atom is -0.341 e. The zero-order valence-electron chi connectivity index (χ0n) is 14.7. The average molecular weight is 376 g/mol. The fourth-order valence-corrected chi connectivity index (χ4v) is 2.92. The summed E-state index contributed by atoms with van der Waals surface area (Å²) in [5.74, 6) is 0.256. The molecule has 24 heavy (non-hydrogen) atoms. The minimum absolute atomic E-state index is 0. The van der Waals surface area contributed by atoms with Crippen LogP contribution in [-0.4, -0.2) is 47.4 Å². The molecule has 0 saturated carbocycles. The highest BCUT2D eigenvalue weighted by atomic mass is 35.5. The lowest BCUT2D eigenvalue weighted by molar-refractivity contribution is -0.131. The highest BCUT2D eigenvalue weighted by molar-refractivity contribution is 5.85. The summed E-state index contributed by atoms with van der Waals surface area (Å²) in [6.07, 6.45) is 2.39. The van der Waals surface area contributed by atoms with Crippen LogP contribution in [0.15, 0.2) is 30.3 Å². The van der Waals surface area contributed by atoms with Gasteiger partial charge in [-0.2, -0.15) is 0 Å². The molecule has 2 rings (SSSR count). The average Bonchev–Trinajstić information content (AvgIpc) is 2.69. The van der Waals surface area contributed by atoms with E-state index in [1.54, 1.807) is 0 Å². The number of halogens is 2. The molecule has 1 aromatic carbocycles. The van der Waals surface area contributed by atoms with Crippen LogP contribution in [0.25, 0.3) is 0 Å². The zero-order valence-corrected chi connectivity index (χ0v) is 16.3. The van der Waals surface area contributed by atoms with Gasteiger partial charge in [-0.3, -0.25) is 9.69 Å². The molecule has 1 aromatic rings. The summed E-state index contributed by atoms with van der Waals surface area (Å²) < 4.78 is 0. The van der Waals surface area contributed by atoms with E-state index in [4.69, 9.17) is 5.73 Å². The second-order valence-electron chi connectivity index (χ2n) is 6.49. The van der Waals surface area contributed by atoms with Gasteiger partial charge in [-0.1, -0.05) is 30.3 Å². The van der Waals surface area contributed by atoms with Crippen molar-refractivity contribution in [1.82, 2.24) is 9.80 Å². The number of nitrogens with two attached hydrogens (primary N) is 1. The molecular formula is C18H31Cl2N3O. The minimum atomic E-state index is 0. The molecule has 2 atom stereocenters. The van der Waals surface area contributed by atoms with E-state index in [-0.39, 0.29) is 36.8 Å². The Labute approximate surface area is 158 Å². The summed E-state index contributed by atoms with van der Waals surface area (Å²) in [7, 11) is 0. The Morgan fingerprint density at radius 3 is 2.50 bits per heavy atom. The van der Waals surface area contributed by atoms with Gasteiger partial charge < -0.3 is 10.6 Å². The molecule has 1 heterocycles. The van der Waals surface area contributed by atoms with Crippen molar-refractivity contribution in [3.8, 4) is 0 Å². The first-order chi connectivity index (χ1) is 10.6.